The van der Waals surface area contributed by atoms with Gasteiger partial charge < -0.3 is 11.5 Å². The molecule has 0 atom stereocenters. The van der Waals surface area contributed by atoms with Gasteiger partial charge in [0.2, 0.25) is 0 Å². The summed E-state index contributed by atoms with van der Waals surface area (Å²) in [5, 5.41) is 0. The van der Waals surface area contributed by atoms with Crippen LogP contribution in [0.3, 0.4) is 0 Å². The summed E-state index contributed by atoms with van der Waals surface area (Å²) < 4.78 is 0. The predicted molar refractivity (Wildman–Crippen MR) is 49.5 cm³/mol. The lowest BCUT2D eigenvalue weighted by atomic mass is 10.3. The van der Waals surface area contributed by atoms with Crippen molar-refractivity contribution in [3.8, 4) is 0 Å². The van der Waals surface area contributed by atoms with E-state index in [0.717, 1.165) is 11.4 Å². The van der Waals surface area contributed by atoms with E-state index in [1.165, 1.54) is 0 Å². The maximum absolute atomic E-state index is 5.49. The SMILES string of the molecule is NCCONc1ccc(N)cc1. The minimum absolute atomic E-state index is 0.490. The van der Waals surface area contributed by atoms with Gasteiger partial charge in [0.1, 0.15) is 0 Å². The average molecular weight is 167 g/mol. The molecule has 0 heterocycles. The second kappa shape index (κ2) is 4.58. The maximum atomic E-state index is 5.49. The summed E-state index contributed by atoms with van der Waals surface area (Å²) in [6, 6.07) is 7.28. The molecule has 0 spiro atoms. The molecule has 12 heavy (non-hydrogen) atoms. The Morgan fingerprint density at radius 3 is 2.50 bits per heavy atom. The van der Waals surface area contributed by atoms with Crippen LogP contribution in [0.5, 0.6) is 0 Å². The van der Waals surface area contributed by atoms with Crippen LogP contribution in [0.4, 0.5) is 11.4 Å². The zero-order valence-corrected chi connectivity index (χ0v) is 6.79. The van der Waals surface area contributed by atoms with Crippen LogP contribution in [0.1, 0.15) is 0 Å². The fraction of sp³-hybridized carbons (Fsp3) is 0.250. The number of nitrogens with one attached hydrogen (secondary N) is 1. The highest BCUT2D eigenvalue weighted by molar-refractivity contribution is 5.49. The molecule has 0 bridgehead atoms. The molecule has 0 fully saturated rings. The highest BCUT2D eigenvalue weighted by Crippen LogP contribution is 2.09. The molecule has 0 aliphatic rings. The molecule has 0 aromatic heterocycles. The van der Waals surface area contributed by atoms with Crippen LogP contribution in [0, 0.1) is 0 Å². The standard InChI is InChI=1S/C8H13N3O/c9-5-6-12-11-8-3-1-7(10)2-4-8/h1-4,11H,5-6,9-10H2. The largest absolute Gasteiger partial charge is 0.399 e. The van der Waals surface area contributed by atoms with Gasteiger partial charge in [0.25, 0.3) is 0 Å². The molecule has 0 amide bonds. The average Bonchev–Trinajstić information content (AvgIpc) is 2.09. The van der Waals surface area contributed by atoms with E-state index in [9.17, 15) is 0 Å². The summed E-state index contributed by atoms with van der Waals surface area (Å²) in [7, 11) is 0. The van der Waals surface area contributed by atoms with Crippen LogP contribution in [0.2, 0.25) is 0 Å². The summed E-state index contributed by atoms with van der Waals surface area (Å²) in [4.78, 5) is 4.99. The fourth-order valence-electron chi connectivity index (χ4n) is 0.744. The van der Waals surface area contributed by atoms with E-state index in [0.29, 0.717) is 13.2 Å². The van der Waals surface area contributed by atoms with Crippen molar-refractivity contribution in [2.75, 3.05) is 24.4 Å². The smallest absolute Gasteiger partial charge is 0.0868 e. The van der Waals surface area contributed by atoms with Crippen molar-refractivity contribution in [3.63, 3.8) is 0 Å². The van der Waals surface area contributed by atoms with E-state index in [-0.39, 0.29) is 0 Å². The molecule has 1 aromatic carbocycles. The van der Waals surface area contributed by atoms with Gasteiger partial charge in [-0.1, -0.05) is 0 Å². The number of anilines is 2. The van der Waals surface area contributed by atoms with Gasteiger partial charge in [-0.3, -0.25) is 10.3 Å². The molecule has 4 heteroatoms. The Kier molecular flexibility index (Phi) is 3.37. The Hall–Kier alpha value is -1.26. The molecule has 0 aliphatic heterocycles. The first-order chi connectivity index (χ1) is 5.83. The highest BCUT2D eigenvalue weighted by atomic mass is 16.6. The van der Waals surface area contributed by atoms with Crippen LogP contribution >= 0.6 is 0 Å². The van der Waals surface area contributed by atoms with Crippen molar-refractivity contribution < 1.29 is 4.84 Å². The lowest BCUT2D eigenvalue weighted by Gasteiger charge is -2.05. The van der Waals surface area contributed by atoms with Crippen molar-refractivity contribution in [3.05, 3.63) is 24.3 Å². The lowest BCUT2D eigenvalue weighted by molar-refractivity contribution is 0.202. The molecule has 66 valence electrons. The summed E-state index contributed by atoms with van der Waals surface area (Å²) >= 11 is 0. The second-order valence-corrected chi connectivity index (χ2v) is 2.36. The maximum Gasteiger partial charge on any atom is 0.0868 e. The highest BCUT2D eigenvalue weighted by Gasteiger charge is 1.89. The first-order valence-electron chi connectivity index (χ1n) is 3.76. The molecule has 0 saturated carbocycles. The van der Waals surface area contributed by atoms with Gasteiger partial charge in [0.05, 0.1) is 12.3 Å². The van der Waals surface area contributed by atoms with Gasteiger partial charge in [0.15, 0.2) is 0 Å². The van der Waals surface area contributed by atoms with Gasteiger partial charge in [-0.25, -0.2) is 0 Å². The summed E-state index contributed by atoms with van der Waals surface area (Å²) in [5.41, 5.74) is 15.1. The van der Waals surface area contributed by atoms with Crippen LogP contribution in [-0.4, -0.2) is 13.2 Å². The Morgan fingerprint density at radius 2 is 1.92 bits per heavy atom. The first-order valence-corrected chi connectivity index (χ1v) is 3.76. The zero-order valence-electron chi connectivity index (χ0n) is 6.79. The van der Waals surface area contributed by atoms with E-state index in [2.05, 4.69) is 5.48 Å². The fourth-order valence-corrected chi connectivity index (χ4v) is 0.744. The molecular formula is C8H13N3O. The summed E-state index contributed by atoms with van der Waals surface area (Å²) in [6.07, 6.45) is 0. The van der Waals surface area contributed by atoms with Gasteiger partial charge in [-0.15, -0.1) is 0 Å². The van der Waals surface area contributed by atoms with E-state index in [1.54, 1.807) is 12.1 Å². The molecule has 0 saturated heterocycles. The van der Waals surface area contributed by atoms with E-state index < -0.39 is 0 Å². The lowest BCUT2D eigenvalue weighted by Crippen LogP contribution is -2.11. The molecule has 1 rings (SSSR count). The van der Waals surface area contributed by atoms with Crippen LogP contribution in [0.25, 0.3) is 0 Å². The monoisotopic (exact) mass is 167 g/mol. The van der Waals surface area contributed by atoms with Gasteiger partial charge in [0, 0.05) is 12.2 Å². The Morgan fingerprint density at radius 1 is 1.25 bits per heavy atom. The predicted octanol–water partition coefficient (Wildman–Crippen LogP) is 0.571. The number of hydrogen-bond donors (Lipinski definition) is 3. The number of nitrogens with two attached hydrogens (primary N) is 2. The Labute approximate surface area is 71.5 Å². The van der Waals surface area contributed by atoms with Gasteiger partial charge in [-0.2, -0.15) is 0 Å². The van der Waals surface area contributed by atoms with Crippen LogP contribution in [0.15, 0.2) is 24.3 Å². The third-order valence-electron chi connectivity index (χ3n) is 1.32. The zero-order chi connectivity index (χ0) is 8.81. The second-order valence-electron chi connectivity index (χ2n) is 2.36. The van der Waals surface area contributed by atoms with Crippen LogP contribution in [-0.2, 0) is 4.84 Å². The minimum atomic E-state index is 0.490. The number of nitrogen functional groups attached to an aromatic ring is 1. The number of rotatable bonds is 4. The quantitative estimate of drug-likeness (QED) is 0.348. The summed E-state index contributed by atoms with van der Waals surface area (Å²) in [6.45, 7) is 0.992. The van der Waals surface area contributed by atoms with Crippen molar-refractivity contribution in [1.29, 1.82) is 0 Å². The Bertz CT molecular complexity index is 222. The molecule has 4 nitrogen and oxygen atoms in total. The Balaban J connectivity index is 2.37. The number of benzene rings is 1. The normalized spacial score (nSPS) is 9.75. The molecule has 5 N–H and O–H groups in total. The molecule has 0 unspecified atom stereocenters. The van der Waals surface area contributed by atoms with Crippen molar-refractivity contribution in [2.24, 2.45) is 5.73 Å². The molecule has 1 aromatic rings. The van der Waals surface area contributed by atoms with Crippen LogP contribution < -0.4 is 16.9 Å². The first kappa shape index (κ1) is 8.83. The number of hydrogen-bond acceptors (Lipinski definition) is 4. The minimum Gasteiger partial charge on any atom is -0.399 e. The molecule has 0 radical (unpaired) electrons. The molecular weight excluding hydrogens is 154 g/mol. The summed E-state index contributed by atoms with van der Waals surface area (Å²) in [5.74, 6) is 0. The third kappa shape index (κ3) is 2.77. The van der Waals surface area contributed by atoms with Crippen molar-refractivity contribution in [2.45, 2.75) is 0 Å². The van der Waals surface area contributed by atoms with Gasteiger partial charge in [-0.05, 0) is 24.3 Å². The van der Waals surface area contributed by atoms with Crippen molar-refractivity contribution in [1.82, 2.24) is 0 Å². The van der Waals surface area contributed by atoms with Crippen molar-refractivity contribution >= 4 is 11.4 Å². The topological polar surface area (TPSA) is 73.3 Å². The van der Waals surface area contributed by atoms with Gasteiger partial charge >= 0.3 is 0 Å². The van der Waals surface area contributed by atoms with E-state index in [1.807, 2.05) is 12.1 Å². The third-order valence-corrected chi connectivity index (χ3v) is 1.32. The van der Waals surface area contributed by atoms with E-state index in [4.69, 9.17) is 16.3 Å². The molecule has 0 aliphatic carbocycles. The van der Waals surface area contributed by atoms with E-state index >= 15 is 0 Å².